The molecule has 0 aliphatic carbocycles. The lowest BCUT2D eigenvalue weighted by Crippen LogP contribution is -2.33. The SMILES string of the molecule is O=C(O)C(F)(F)F.O=C(O)C(F)(F)F.c1cc(CN2CCn3cc(CN4CCCC4)nc3C2)cs1. The van der Waals surface area contributed by atoms with Gasteiger partial charge in [0.1, 0.15) is 5.82 Å². The van der Waals surface area contributed by atoms with Gasteiger partial charge < -0.3 is 14.8 Å². The van der Waals surface area contributed by atoms with Crippen LogP contribution in [-0.2, 0) is 35.8 Å². The van der Waals surface area contributed by atoms with E-state index in [-0.39, 0.29) is 0 Å². The normalized spacial score (nSPS) is 16.5. The van der Waals surface area contributed by atoms with Gasteiger partial charge in [-0.05, 0) is 48.3 Å². The molecule has 35 heavy (non-hydrogen) atoms. The molecule has 2 N–H and O–H groups in total. The van der Waals surface area contributed by atoms with E-state index in [9.17, 15) is 26.3 Å². The number of fused-ring (bicyclic) bond motifs is 1. The van der Waals surface area contributed by atoms with E-state index in [0.717, 1.165) is 32.7 Å². The molecule has 196 valence electrons. The second-order valence-corrected chi connectivity index (χ2v) is 8.55. The third-order valence-electron chi connectivity index (χ3n) is 4.99. The van der Waals surface area contributed by atoms with Crippen LogP contribution in [0.15, 0.2) is 23.0 Å². The molecule has 0 saturated carbocycles. The van der Waals surface area contributed by atoms with Crippen LogP contribution in [0.2, 0.25) is 0 Å². The topological polar surface area (TPSA) is 98.9 Å². The first-order valence-electron chi connectivity index (χ1n) is 10.4. The minimum Gasteiger partial charge on any atom is -0.475 e. The van der Waals surface area contributed by atoms with Crippen LogP contribution in [0.3, 0.4) is 0 Å². The number of imidazole rings is 1. The molecule has 0 unspecified atom stereocenters. The summed E-state index contributed by atoms with van der Waals surface area (Å²) in [6.45, 7) is 7.76. The first-order chi connectivity index (χ1) is 16.3. The van der Waals surface area contributed by atoms with Crippen LogP contribution in [0.4, 0.5) is 26.3 Å². The fraction of sp³-hybridized carbons (Fsp3) is 0.550. The van der Waals surface area contributed by atoms with Crippen molar-refractivity contribution >= 4 is 23.3 Å². The number of thiophene rings is 1. The minimum atomic E-state index is -5.08. The van der Waals surface area contributed by atoms with Crippen molar-refractivity contribution in [2.24, 2.45) is 0 Å². The highest BCUT2D eigenvalue weighted by molar-refractivity contribution is 7.07. The molecule has 0 bridgehead atoms. The molecule has 4 rings (SSSR count). The van der Waals surface area contributed by atoms with Gasteiger partial charge in [-0.3, -0.25) is 9.80 Å². The van der Waals surface area contributed by atoms with Crippen LogP contribution >= 0.6 is 11.3 Å². The first kappa shape index (κ1) is 28.6. The van der Waals surface area contributed by atoms with Gasteiger partial charge in [-0.25, -0.2) is 14.6 Å². The van der Waals surface area contributed by atoms with Gasteiger partial charge in [0.15, 0.2) is 0 Å². The van der Waals surface area contributed by atoms with E-state index < -0.39 is 24.3 Å². The molecule has 1 fully saturated rings. The molecule has 15 heteroatoms. The molecule has 0 aromatic carbocycles. The van der Waals surface area contributed by atoms with Crippen molar-refractivity contribution in [2.45, 2.75) is 51.4 Å². The highest BCUT2D eigenvalue weighted by Crippen LogP contribution is 2.19. The Morgan fingerprint density at radius 3 is 1.97 bits per heavy atom. The third-order valence-corrected chi connectivity index (χ3v) is 5.72. The Labute approximate surface area is 200 Å². The number of hydrogen-bond acceptors (Lipinski definition) is 6. The summed E-state index contributed by atoms with van der Waals surface area (Å²) in [6.07, 6.45) is -5.19. The van der Waals surface area contributed by atoms with Crippen molar-refractivity contribution in [2.75, 3.05) is 19.6 Å². The number of aliphatic carboxylic acids is 2. The van der Waals surface area contributed by atoms with Gasteiger partial charge >= 0.3 is 24.3 Å². The van der Waals surface area contributed by atoms with Crippen LogP contribution < -0.4 is 0 Å². The van der Waals surface area contributed by atoms with E-state index in [4.69, 9.17) is 24.8 Å². The molecule has 2 aliphatic heterocycles. The quantitative estimate of drug-likeness (QED) is 0.580. The van der Waals surface area contributed by atoms with Crippen molar-refractivity contribution < 1.29 is 46.1 Å². The Morgan fingerprint density at radius 1 is 0.914 bits per heavy atom. The molecular weight excluding hydrogens is 506 g/mol. The molecular formula is C20H24F6N4O4S. The standard InChI is InChI=1S/C16H22N4S.2C2HF3O2/c1-2-5-18(4-1)10-15-11-20-7-6-19(12-16(20)17-15)9-14-3-8-21-13-14;2*3-2(4,5)1(6)7/h3,8,11,13H,1-2,4-7,9-10,12H2;2*(H,6,7). The molecule has 0 amide bonds. The van der Waals surface area contributed by atoms with E-state index >= 15 is 0 Å². The lowest BCUT2D eigenvalue weighted by atomic mass is 10.3. The van der Waals surface area contributed by atoms with Gasteiger partial charge in [-0.15, -0.1) is 0 Å². The number of carbonyl (C=O) groups is 2. The van der Waals surface area contributed by atoms with E-state index in [2.05, 4.69) is 37.4 Å². The predicted molar refractivity (Wildman–Crippen MR) is 113 cm³/mol. The van der Waals surface area contributed by atoms with Crippen LogP contribution in [-0.4, -0.2) is 73.5 Å². The summed E-state index contributed by atoms with van der Waals surface area (Å²) in [7, 11) is 0. The first-order valence-corrected chi connectivity index (χ1v) is 11.3. The molecule has 0 radical (unpaired) electrons. The Bertz CT molecular complexity index is 932. The number of carboxylic acids is 2. The van der Waals surface area contributed by atoms with Crippen LogP contribution in [0.5, 0.6) is 0 Å². The molecule has 0 atom stereocenters. The zero-order valence-corrected chi connectivity index (χ0v) is 19.2. The summed E-state index contributed by atoms with van der Waals surface area (Å²) in [5, 5.41) is 18.7. The molecule has 2 aromatic rings. The average Bonchev–Trinajstić information content (AvgIpc) is 3.49. The summed E-state index contributed by atoms with van der Waals surface area (Å²) in [6, 6.07) is 2.23. The molecule has 1 saturated heterocycles. The maximum atomic E-state index is 10.6. The Kier molecular flexibility index (Phi) is 10.1. The second kappa shape index (κ2) is 12.4. The van der Waals surface area contributed by atoms with E-state index in [1.165, 1.54) is 43.0 Å². The van der Waals surface area contributed by atoms with Gasteiger partial charge in [0.25, 0.3) is 0 Å². The van der Waals surface area contributed by atoms with Crippen molar-refractivity contribution in [3.8, 4) is 0 Å². The van der Waals surface area contributed by atoms with E-state index in [1.54, 1.807) is 11.3 Å². The number of halogens is 6. The molecule has 2 aliphatic rings. The minimum absolute atomic E-state index is 0.982. The number of hydrogen-bond donors (Lipinski definition) is 2. The average molecular weight is 530 g/mol. The molecule has 2 aromatic heterocycles. The summed E-state index contributed by atoms with van der Waals surface area (Å²) in [4.78, 5) is 27.7. The van der Waals surface area contributed by atoms with Crippen molar-refractivity contribution in [3.63, 3.8) is 0 Å². The largest absolute Gasteiger partial charge is 0.490 e. The third kappa shape index (κ3) is 9.85. The van der Waals surface area contributed by atoms with E-state index in [0.29, 0.717) is 0 Å². The van der Waals surface area contributed by atoms with Gasteiger partial charge in [0.2, 0.25) is 0 Å². The number of alkyl halides is 6. The zero-order valence-electron chi connectivity index (χ0n) is 18.3. The lowest BCUT2D eigenvalue weighted by molar-refractivity contribution is -0.193. The Hall–Kier alpha value is -2.65. The summed E-state index contributed by atoms with van der Waals surface area (Å²) in [5.41, 5.74) is 2.68. The van der Waals surface area contributed by atoms with Crippen molar-refractivity contribution in [3.05, 3.63) is 40.1 Å². The Morgan fingerprint density at radius 2 is 1.49 bits per heavy atom. The maximum absolute atomic E-state index is 10.6. The van der Waals surface area contributed by atoms with Crippen LogP contribution in [0.25, 0.3) is 0 Å². The lowest BCUT2D eigenvalue weighted by Gasteiger charge is -2.27. The number of nitrogens with zero attached hydrogens (tertiary/aromatic N) is 4. The fourth-order valence-corrected chi connectivity index (χ4v) is 4.04. The van der Waals surface area contributed by atoms with E-state index in [1.807, 2.05) is 0 Å². The number of aromatic nitrogens is 2. The van der Waals surface area contributed by atoms with Crippen molar-refractivity contribution in [1.29, 1.82) is 0 Å². The second-order valence-electron chi connectivity index (χ2n) is 7.77. The summed E-state index contributed by atoms with van der Waals surface area (Å²) < 4.78 is 65.8. The molecule has 8 nitrogen and oxygen atoms in total. The monoisotopic (exact) mass is 530 g/mol. The predicted octanol–water partition coefficient (Wildman–Crippen LogP) is 3.82. The van der Waals surface area contributed by atoms with Gasteiger partial charge in [0.05, 0.1) is 12.2 Å². The number of likely N-dealkylation sites (tertiary alicyclic amines) is 1. The summed E-state index contributed by atoms with van der Waals surface area (Å²) in [5.74, 6) is -4.27. The Balaban J connectivity index is 0.000000257. The fourth-order valence-electron chi connectivity index (χ4n) is 3.38. The number of rotatable bonds is 4. The van der Waals surface area contributed by atoms with Gasteiger partial charge in [0, 0.05) is 32.4 Å². The van der Waals surface area contributed by atoms with Crippen LogP contribution in [0.1, 0.15) is 29.9 Å². The van der Waals surface area contributed by atoms with Crippen molar-refractivity contribution in [1.82, 2.24) is 19.4 Å². The van der Waals surface area contributed by atoms with Gasteiger partial charge in [-0.2, -0.15) is 37.7 Å². The van der Waals surface area contributed by atoms with Crippen LogP contribution in [0, 0.1) is 0 Å². The highest BCUT2D eigenvalue weighted by Gasteiger charge is 2.38. The summed E-state index contributed by atoms with van der Waals surface area (Å²) >= 11 is 1.78. The highest BCUT2D eigenvalue weighted by atomic mass is 32.1. The smallest absolute Gasteiger partial charge is 0.475 e. The maximum Gasteiger partial charge on any atom is 0.490 e. The van der Waals surface area contributed by atoms with Gasteiger partial charge in [-0.1, -0.05) is 0 Å². The molecule has 4 heterocycles. The molecule has 0 spiro atoms. The number of carboxylic acid groups (broad SMARTS) is 2. The zero-order chi connectivity index (χ0) is 26.2.